The molecule has 132 valence electrons. The molecule has 0 radical (unpaired) electrons. The average molecular weight is 356 g/mol. The third-order valence-corrected chi connectivity index (χ3v) is 6.21. The minimum atomic E-state index is -3.91. The number of benzene rings is 1. The Morgan fingerprint density at radius 3 is 2.67 bits per heavy atom. The zero-order valence-electron chi connectivity index (χ0n) is 13.5. The molecule has 6 nitrogen and oxygen atoms in total. The lowest BCUT2D eigenvalue weighted by molar-refractivity contribution is -0.114. The molecule has 8 heteroatoms. The number of sulfonamides is 1. The maximum absolute atomic E-state index is 14.4. The van der Waals surface area contributed by atoms with E-state index in [1.807, 2.05) is 0 Å². The molecule has 2 aliphatic rings. The van der Waals surface area contributed by atoms with Crippen molar-refractivity contribution in [3.63, 3.8) is 0 Å². The van der Waals surface area contributed by atoms with Gasteiger partial charge < -0.3 is 10.1 Å². The smallest absolute Gasteiger partial charge is 0.246 e. The zero-order valence-corrected chi connectivity index (χ0v) is 14.3. The average Bonchev–Trinajstić information content (AvgIpc) is 3.19. The van der Waals surface area contributed by atoms with E-state index in [0.29, 0.717) is 19.8 Å². The van der Waals surface area contributed by atoms with Crippen LogP contribution in [-0.2, 0) is 19.6 Å². The van der Waals surface area contributed by atoms with Crippen LogP contribution >= 0.6 is 0 Å². The number of hydrogen-bond acceptors (Lipinski definition) is 4. The van der Waals surface area contributed by atoms with Crippen LogP contribution in [0.4, 0.5) is 10.1 Å². The van der Waals surface area contributed by atoms with Crippen LogP contribution in [0, 0.1) is 11.7 Å². The highest BCUT2D eigenvalue weighted by atomic mass is 32.2. The van der Waals surface area contributed by atoms with E-state index in [2.05, 4.69) is 5.32 Å². The summed E-state index contributed by atoms with van der Waals surface area (Å²) in [6.45, 7) is 2.85. The molecular formula is C16H21FN2O4S. The van der Waals surface area contributed by atoms with Crippen LogP contribution in [0.1, 0.15) is 26.2 Å². The van der Waals surface area contributed by atoms with Gasteiger partial charge in [-0.1, -0.05) is 0 Å². The van der Waals surface area contributed by atoms with Gasteiger partial charge in [-0.3, -0.25) is 4.79 Å². The fraction of sp³-hybridized carbons (Fsp3) is 0.562. The number of nitrogens with one attached hydrogen (secondary N) is 1. The van der Waals surface area contributed by atoms with Crippen molar-refractivity contribution in [1.29, 1.82) is 0 Å². The normalized spacial score (nSPS) is 21.2. The van der Waals surface area contributed by atoms with E-state index in [1.54, 1.807) is 0 Å². The summed E-state index contributed by atoms with van der Waals surface area (Å²) in [5.41, 5.74) is 0.237. The standard InChI is InChI=1S/C16H21FN2O4S/c1-11(20)18-13-2-5-16(15(17)8-13)24(21,22)19(14-3-4-14)9-12-6-7-23-10-12/h2,5,8,12,14H,3-4,6-7,9-10H2,1H3,(H,18,20). The first-order valence-corrected chi connectivity index (χ1v) is 9.48. The predicted molar refractivity (Wildman–Crippen MR) is 86.5 cm³/mol. The Labute approximate surface area is 141 Å². The zero-order chi connectivity index (χ0) is 17.3. The highest BCUT2D eigenvalue weighted by molar-refractivity contribution is 7.89. The van der Waals surface area contributed by atoms with Crippen LogP contribution in [-0.4, -0.2) is 44.4 Å². The minimum Gasteiger partial charge on any atom is -0.381 e. The fourth-order valence-electron chi connectivity index (χ4n) is 2.91. The highest BCUT2D eigenvalue weighted by Gasteiger charge is 2.40. The Kier molecular flexibility index (Phi) is 4.89. The molecule has 1 aliphatic heterocycles. The molecule has 1 heterocycles. The Balaban J connectivity index is 1.85. The SMILES string of the molecule is CC(=O)Nc1ccc(S(=O)(=O)N(CC2CCOC2)C2CC2)c(F)c1. The molecule has 1 aromatic rings. The maximum Gasteiger partial charge on any atom is 0.246 e. The molecule has 3 rings (SSSR count). The number of nitrogens with zero attached hydrogens (tertiary/aromatic N) is 1. The lowest BCUT2D eigenvalue weighted by atomic mass is 10.1. The van der Waals surface area contributed by atoms with E-state index in [9.17, 15) is 17.6 Å². The summed E-state index contributed by atoms with van der Waals surface area (Å²) in [5, 5.41) is 2.44. The first-order chi connectivity index (χ1) is 11.4. The molecule has 0 aromatic heterocycles. The van der Waals surface area contributed by atoms with Crippen LogP contribution in [0.25, 0.3) is 0 Å². The fourth-order valence-corrected chi connectivity index (χ4v) is 4.71. The molecule has 1 unspecified atom stereocenters. The van der Waals surface area contributed by atoms with E-state index in [0.717, 1.165) is 25.3 Å². The number of carbonyl (C=O) groups is 1. The molecule has 1 aliphatic carbocycles. The third-order valence-electron chi connectivity index (χ3n) is 4.26. The molecule has 1 amide bonds. The Hall–Kier alpha value is -1.51. The highest BCUT2D eigenvalue weighted by Crippen LogP contribution is 2.34. The lowest BCUT2D eigenvalue weighted by Gasteiger charge is -2.24. The third kappa shape index (κ3) is 3.76. The van der Waals surface area contributed by atoms with E-state index in [1.165, 1.54) is 23.4 Å². The number of carbonyl (C=O) groups excluding carboxylic acids is 1. The summed E-state index contributed by atoms with van der Waals surface area (Å²) in [5.74, 6) is -1.04. The monoisotopic (exact) mass is 356 g/mol. The second-order valence-electron chi connectivity index (χ2n) is 6.36. The predicted octanol–water partition coefficient (Wildman–Crippen LogP) is 1.97. The van der Waals surface area contributed by atoms with Gasteiger partial charge in [-0.15, -0.1) is 0 Å². The number of anilines is 1. The van der Waals surface area contributed by atoms with Crippen molar-refractivity contribution in [3.8, 4) is 0 Å². The van der Waals surface area contributed by atoms with Gasteiger partial charge in [-0.2, -0.15) is 4.31 Å². The van der Waals surface area contributed by atoms with Gasteiger partial charge >= 0.3 is 0 Å². The first-order valence-electron chi connectivity index (χ1n) is 8.04. The van der Waals surface area contributed by atoms with E-state index < -0.39 is 15.8 Å². The second-order valence-corrected chi connectivity index (χ2v) is 8.22. The quantitative estimate of drug-likeness (QED) is 0.846. The van der Waals surface area contributed by atoms with Gasteiger partial charge in [0, 0.05) is 31.8 Å². The molecule has 1 saturated heterocycles. The summed E-state index contributed by atoms with van der Waals surface area (Å²) in [6.07, 6.45) is 2.43. The van der Waals surface area contributed by atoms with E-state index in [4.69, 9.17) is 4.74 Å². The van der Waals surface area contributed by atoms with Gasteiger partial charge in [-0.05, 0) is 43.4 Å². The van der Waals surface area contributed by atoms with Gasteiger partial charge in [0.1, 0.15) is 10.7 Å². The van der Waals surface area contributed by atoms with Crippen molar-refractivity contribution in [3.05, 3.63) is 24.0 Å². The summed E-state index contributed by atoms with van der Waals surface area (Å²) >= 11 is 0. The summed E-state index contributed by atoms with van der Waals surface area (Å²) in [7, 11) is -3.91. The van der Waals surface area contributed by atoms with Crippen LogP contribution in [0.2, 0.25) is 0 Å². The largest absolute Gasteiger partial charge is 0.381 e. The summed E-state index contributed by atoms with van der Waals surface area (Å²) in [4.78, 5) is 10.7. The van der Waals surface area contributed by atoms with Crippen LogP contribution in [0.5, 0.6) is 0 Å². The molecule has 1 N–H and O–H groups in total. The molecule has 0 spiro atoms. The van der Waals surface area contributed by atoms with Gasteiger partial charge in [0.15, 0.2) is 0 Å². The van der Waals surface area contributed by atoms with Crippen LogP contribution in [0.3, 0.4) is 0 Å². The van der Waals surface area contributed by atoms with Gasteiger partial charge in [0.25, 0.3) is 0 Å². The number of halogens is 1. The van der Waals surface area contributed by atoms with Crippen molar-refractivity contribution in [2.45, 2.75) is 37.1 Å². The van der Waals surface area contributed by atoms with Crippen molar-refractivity contribution >= 4 is 21.6 Å². The van der Waals surface area contributed by atoms with Crippen molar-refractivity contribution in [2.75, 3.05) is 25.1 Å². The van der Waals surface area contributed by atoms with E-state index in [-0.39, 0.29) is 28.4 Å². The van der Waals surface area contributed by atoms with Gasteiger partial charge in [0.2, 0.25) is 15.9 Å². The molecule has 0 bridgehead atoms. The number of amides is 1. The van der Waals surface area contributed by atoms with Gasteiger partial charge in [-0.25, -0.2) is 12.8 Å². The van der Waals surface area contributed by atoms with Crippen molar-refractivity contribution in [2.24, 2.45) is 5.92 Å². The van der Waals surface area contributed by atoms with E-state index >= 15 is 0 Å². The summed E-state index contributed by atoms with van der Waals surface area (Å²) in [6, 6.07) is 3.61. The molecule has 24 heavy (non-hydrogen) atoms. The second kappa shape index (κ2) is 6.78. The Bertz CT molecular complexity index is 728. The molecule has 1 atom stereocenters. The maximum atomic E-state index is 14.4. The van der Waals surface area contributed by atoms with Gasteiger partial charge in [0.05, 0.1) is 6.61 Å². The molecular weight excluding hydrogens is 335 g/mol. The van der Waals surface area contributed by atoms with Crippen LogP contribution < -0.4 is 5.32 Å². The minimum absolute atomic E-state index is 0.0509. The van der Waals surface area contributed by atoms with Crippen LogP contribution in [0.15, 0.2) is 23.1 Å². The van der Waals surface area contributed by atoms with Crippen molar-refractivity contribution in [1.82, 2.24) is 4.31 Å². The molecule has 1 aromatic carbocycles. The number of rotatable bonds is 6. The topological polar surface area (TPSA) is 75.7 Å². The summed E-state index contributed by atoms with van der Waals surface area (Å²) < 4.78 is 46.9. The Morgan fingerprint density at radius 1 is 1.38 bits per heavy atom. The van der Waals surface area contributed by atoms with Crippen molar-refractivity contribution < 1.29 is 22.3 Å². The first kappa shape index (κ1) is 17.3. The molecule has 1 saturated carbocycles. The Morgan fingerprint density at radius 2 is 2.12 bits per heavy atom. The number of ether oxygens (including phenoxy) is 1. The number of hydrogen-bond donors (Lipinski definition) is 1. The molecule has 2 fully saturated rings. The lowest BCUT2D eigenvalue weighted by Crippen LogP contribution is -2.37.